The number of benzene rings is 1. The molecule has 0 aliphatic rings. The Labute approximate surface area is 142 Å². The molecule has 114 valence electrons. The largest absolute Gasteiger partial charge is 0.492 e. The second-order valence-corrected chi connectivity index (χ2v) is 6.64. The second kappa shape index (κ2) is 8.01. The lowest BCUT2D eigenvalue weighted by Crippen LogP contribution is -2.27. The first kappa shape index (κ1) is 16.6. The topological polar surface area (TPSA) is 34.4 Å². The average molecular weight is 417 g/mol. The summed E-state index contributed by atoms with van der Waals surface area (Å²) in [6, 6.07) is 8.33. The zero-order valence-corrected chi connectivity index (χ0v) is 15.3. The molecular formula is C16H19Br2NO2. The van der Waals surface area contributed by atoms with E-state index in [1.165, 1.54) is 0 Å². The maximum Gasteiger partial charge on any atom is 0.138 e. The Morgan fingerprint density at radius 3 is 2.81 bits per heavy atom. The van der Waals surface area contributed by atoms with Gasteiger partial charge in [0.25, 0.3) is 0 Å². The molecule has 1 N–H and O–H groups in total. The van der Waals surface area contributed by atoms with Crippen molar-refractivity contribution in [2.45, 2.75) is 32.9 Å². The predicted octanol–water partition coefficient (Wildman–Crippen LogP) is 4.92. The summed E-state index contributed by atoms with van der Waals surface area (Å²) in [7, 11) is 0. The van der Waals surface area contributed by atoms with Gasteiger partial charge in [-0.05, 0) is 54.0 Å². The van der Waals surface area contributed by atoms with Crippen LogP contribution in [0.2, 0.25) is 0 Å². The van der Waals surface area contributed by atoms with E-state index in [-0.39, 0.29) is 0 Å². The third-order valence-corrected chi connectivity index (χ3v) is 4.15. The number of nitrogens with one attached hydrogen (secondary N) is 1. The van der Waals surface area contributed by atoms with E-state index in [1.54, 1.807) is 6.26 Å². The van der Waals surface area contributed by atoms with Crippen molar-refractivity contribution in [3.05, 3.63) is 50.8 Å². The first-order chi connectivity index (χ1) is 10.1. The van der Waals surface area contributed by atoms with Gasteiger partial charge in [-0.2, -0.15) is 0 Å². The van der Waals surface area contributed by atoms with E-state index < -0.39 is 0 Å². The molecule has 0 aliphatic carbocycles. The summed E-state index contributed by atoms with van der Waals surface area (Å²) in [5.41, 5.74) is 1.13. The average Bonchev–Trinajstić information content (AvgIpc) is 2.92. The number of hydrogen-bond acceptors (Lipinski definition) is 3. The van der Waals surface area contributed by atoms with Gasteiger partial charge in [0.15, 0.2) is 0 Å². The molecule has 2 rings (SSSR count). The van der Waals surface area contributed by atoms with Crippen LogP contribution in [0.15, 0.2) is 43.9 Å². The van der Waals surface area contributed by atoms with Crippen molar-refractivity contribution >= 4 is 31.9 Å². The molecule has 1 aromatic heterocycles. The summed E-state index contributed by atoms with van der Waals surface area (Å²) in [6.45, 7) is 5.53. The van der Waals surface area contributed by atoms with Crippen LogP contribution >= 0.6 is 31.9 Å². The van der Waals surface area contributed by atoms with Crippen LogP contribution in [0.5, 0.6) is 5.75 Å². The fraction of sp³-hybridized carbons (Fsp3) is 0.375. The first-order valence-electron chi connectivity index (χ1n) is 6.96. The van der Waals surface area contributed by atoms with Crippen molar-refractivity contribution in [2.24, 2.45) is 0 Å². The Bertz CT molecular complexity index is 570. The van der Waals surface area contributed by atoms with Crippen molar-refractivity contribution in [2.75, 3.05) is 6.61 Å². The van der Waals surface area contributed by atoms with Crippen molar-refractivity contribution < 1.29 is 9.15 Å². The van der Waals surface area contributed by atoms with E-state index in [2.05, 4.69) is 50.2 Å². The number of halogens is 2. The molecule has 0 spiro atoms. The first-order valence-corrected chi connectivity index (χ1v) is 8.55. The molecule has 1 atom stereocenters. The molecular weight excluding hydrogens is 398 g/mol. The molecule has 21 heavy (non-hydrogen) atoms. The van der Waals surface area contributed by atoms with Gasteiger partial charge in [-0.25, -0.2) is 0 Å². The van der Waals surface area contributed by atoms with Crippen LogP contribution in [-0.4, -0.2) is 12.6 Å². The van der Waals surface area contributed by atoms with E-state index in [0.29, 0.717) is 12.6 Å². The van der Waals surface area contributed by atoms with Crippen molar-refractivity contribution in [3.8, 4) is 5.75 Å². The van der Waals surface area contributed by atoms with Gasteiger partial charge in [0.1, 0.15) is 11.5 Å². The zero-order valence-electron chi connectivity index (χ0n) is 12.2. The van der Waals surface area contributed by atoms with E-state index >= 15 is 0 Å². The number of ether oxygens (including phenoxy) is 1. The van der Waals surface area contributed by atoms with Gasteiger partial charge >= 0.3 is 0 Å². The van der Waals surface area contributed by atoms with Gasteiger partial charge in [0, 0.05) is 29.0 Å². The quantitative estimate of drug-likeness (QED) is 0.695. The zero-order chi connectivity index (χ0) is 15.2. The molecule has 0 bridgehead atoms. The van der Waals surface area contributed by atoms with Crippen LogP contribution < -0.4 is 10.1 Å². The van der Waals surface area contributed by atoms with Gasteiger partial charge in [0.2, 0.25) is 0 Å². The Hall–Kier alpha value is -0.780. The minimum absolute atomic E-state index is 0.323. The highest BCUT2D eigenvalue weighted by molar-refractivity contribution is 9.11. The standard InChI is InChI=1S/C16H19Br2NO2/c1-3-20-16-12(8-13(17)9-15(16)18)10-19-11(2)7-14-5-4-6-21-14/h4-6,8-9,11,19H,3,7,10H2,1-2H3. The minimum atomic E-state index is 0.323. The van der Waals surface area contributed by atoms with E-state index in [0.717, 1.165) is 39.0 Å². The number of furan rings is 1. The van der Waals surface area contributed by atoms with Crippen LogP contribution in [0.4, 0.5) is 0 Å². The van der Waals surface area contributed by atoms with E-state index in [4.69, 9.17) is 9.15 Å². The van der Waals surface area contributed by atoms with E-state index in [9.17, 15) is 0 Å². The maximum absolute atomic E-state index is 5.73. The molecule has 0 fully saturated rings. The highest BCUT2D eigenvalue weighted by Gasteiger charge is 2.12. The lowest BCUT2D eigenvalue weighted by molar-refractivity contribution is 0.332. The third kappa shape index (κ3) is 4.87. The molecule has 5 heteroatoms. The summed E-state index contributed by atoms with van der Waals surface area (Å²) in [5.74, 6) is 1.90. The molecule has 2 aromatic rings. The van der Waals surface area contributed by atoms with Gasteiger partial charge in [-0.15, -0.1) is 0 Å². The highest BCUT2D eigenvalue weighted by atomic mass is 79.9. The Morgan fingerprint density at radius 2 is 2.14 bits per heavy atom. The van der Waals surface area contributed by atoms with Crippen LogP contribution in [0.1, 0.15) is 25.2 Å². The number of rotatable bonds is 7. The van der Waals surface area contributed by atoms with Crippen LogP contribution in [0, 0.1) is 0 Å². The van der Waals surface area contributed by atoms with Crippen molar-refractivity contribution in [1.82, 2.24) is 5.32 Å². The molecule has 1 heterocycles. The van der Waals surface area contributed by atoms with E-state index in [1.807, 2.05) is 25.1 Å². The predicted molar refractivity (Wildman–Crippen MR) is 91.7 cm³/mol. The fourth-order valence-electron chi connectivity index (χ4n) is 2.14. The summed E-state index contributed by atoms with van der Waals surface area (Å²) < 4.78 is 13.1. The number of hydrogen-bond donors (Lipinski definition) is 1. The molecule has 0 amide bonds. The van der Waals surface area contributed by atoms with Crippen molar-refractivity contribution in [1.29, 1.82) is 0 Å². The molecule has 1 unspecified atom stereocenters. The Balaban J connectivity index is 2.01. The van der Waals surface area contributed by atoms with Crippen LogP contribution in [0.3, 0.4) is 0 Å². The van der Waals surface area contributed by atoms with Gasteiger partial charge < -0.3 is 14.5 Å². The van der Waals surface area contributed by atoms with Gasteiger partial charge in [0.05, 0.1) is 17.3 Å². The summed E-state index contributed by atoms with van der Waals surface area (Å²) in [4.78, 5) is 0. The van der Waals surface area contributed by atoms with Crippen molar-refractivity contribution in [3.63, 3.8) is 0 Å². The molecule has 0 saturated heterocycles. The van der Waals surface area contributed by atoms with Crippen LogP contribution in [0.25, 0.3) is 0 Å². The molecule has 3 nitrogen and oxygen atoms in total. The Kier molecular flexibility index (Phi) is 6.33. The fourth-order valence-corrected chi connectivity index (χ4v) is 3.57. The minimum Gasteiger partial charge on any atom is -0.492 e. The summed E-state index contributed by atoms with van der Waals surface area (Å²) >= 11 is 7.08. The molecule has 0 saturated carbocycles. The lowest BCUT2D eigenvalue weighted by atomic mass is 10.1. The Morgan fingerprint density at radius 1 is 1.33 bits per heavy atom. The summed E-state index contributed by atoms with van der Waals surface area (Å²) in [5, 5.41) is 3.51. The van der Waals surface area contributed by atoms with Gasteiger partial charge in [-0.3, -0.25) is 0 Å². The SMILES string of the molecule is CCOc1c(Br)cc(Br)cc1CNC(C)Cc1ccco1. The van der Waals surface area contributed by atoms with Crippen LogP contribution in [-0.2, 0) is 13.0 Å². The molecule has 0 radical (unpaired) electrons. The molecule has 0 aliphatic heterocycles. The second-order valence-electron chi connectivity index (χ2n) is 4.87. The monoisotopic (exact) mass is 415 g/mol. The molecule has 1 aromatic carbocycles. The maximum atomic E-state index is 5.73. The smallest absolute Gasteiger partial charge is 0.138 e. The highest BCUT2D eigenvalue weighted by Crippen LogP contribution is 2.33. The normalized spacial score (nSPS) is 12.4. The lowest BCUT2D eigenvalue weighted by Gasteiger charge is -2.16. The third-order valence-electron chi connectivity index (χ3n) is 3.10. The van der Waals surface area contributed by atoms with Gasteiger partial charge in [-0.1, -0.05) is 15.9 Å². The summed E-state index contributed by atoms with van der Waals surface area (Å²) in [6.07, 6.45) is 2.58.